The van der Waals surface area contributed by atoms with Crippen LogP contribution >= 0.6 is 0 Å². The lowest BCUT2D eigenvalue weighted by Crippen LogP contribution is -2.32. The predicted molar refractivity (Wildman–Crippen MR) is 56.0 cm³/mol. The van der Waals surface area contributed by atoms with Gasteiger partial charge in [0.2, 0.25) is 10.0 Å². The number of nitrogens with zero attached hydrogens (tertiary/aromatic N) is 3. The number of amides is 1. The van der Waals surface area contributed by atoms with Gasteiger partial charge in [0, 0.05) is 6.54 Å². The minimum absolute atomic E-state index is 0.0505. The number of carbonyl (C=O) groups excluding carboxylic acids is 1. The van der Waals surface area contributed by atoms with Gasteiger partial charge in [-0.1, -0.05) is 5.21 Å². The first-order chi connectivity index (χ1) is 7.48. The second-order valence-corrected chi connectivity index (χ2v) is 5.00. The maximum Gasteiger partial charge on any atom is 0.286 e. The van der Waals surface area contributed by atoms with Gasteiger partial charge in [-0.3, -0.25) is 9.48 Å². The van der Waals surface area contributed by atoms with Crippen LogP contribution in [-0.4, -0.2) is 41.6 Å². The van der Waals surface area contributed by atoms with Crippen molar-refractivity contribution >= 4 is 15.9 Å². The van der Waals surface area contributed by atoms with E-state index in [-0.39, 0.29) is 11.4 Å². The van der Waals surface area contributed by atoms with Crippen molar-refractivity contribution in [3.8, 4) is 0 Å². The summed E-state index contributed by atoms with van der Waals surface area (Å²) in [5.41, 5.74) is 5.23. The molecule has 0 atom stereocenters. The molecule has 1 amide bonds. The number of hydrogen-bond donors (Lipinski definition) is 2. The van der Waals surface area contributed by atoms with Crippen LogP contribution in [0.1, 0.15) is 17.4 Å². The molecule has 3 N–H and O–H groups in total. The Labute approximate surface area is 92.9 Å². The summed E-state index contributed by atoms with van der Waals surface area (Å²) >= 11 is 0. The molecule has 0 aliphatic carbocycles. The monoisotopic (exact) mass is 247 g/mol. The zero-order valence-electron chi connectivity index (χ0n) is 8.75. The molecule has 0 saturated heterocycles. The summed E-state index contributed by atoms with van der Waals surface area (Å²) in [7, 11) is -3.57. The van der Waals surface area contributed by atoms with E-state index in [2.05, 4.69) is 10.3 Å². The van der Waals surface area contributed by atoms with Gasteiger partial charge in [0.15, 0.2) is 5.69 Å². The molecule has 9 heteroatoms. The topological polar surface area (TPSA) is 120 Å². The number of nitrogens with one attached hydrogen (secondary N) is 1. The third kappa shape index (κ3) is 3.28. The molecule has 0 saturated carbocycles. The molecule has 0 unspecified atom stereocenters. The molecule has 0 radical (unpaired) electrons. The first-order valence-corrected chi connectivity index (χ1v) is 6.28. The van der Waals surface area contributed by atoms with Gasteiger partial charge < -0.3 is 5.73 Å². The Hall–Kier alpha value is -1.48. The van der Waals surface area contributed by atoms with Crippen LogP contribution in [0.3, 0.4) is 0 Å². The number of sulfonamides is 1. The number of carbonyl (C=O) groups is 1. The lowest BCUT2D eigenvalue weighted by molar-refractivity contribution is 0.0976. The van der Waals surface area contributed by atoms with Crippen molar-refractivity contribution in [2.75, 3.05) is 12.3 Å². The minimum atomic E-state index is -3.57. The van der Waals surface area contributed by atoms with Crippen molar-refractivity contribution in [3.05, 3.63) is 11.9 Å². The standard InChI is InChI=1S/C7H13N5O3S/c1-2-16(14,15)10-7(13)6-5-12(4-3-8)11-9-6/h5H,2-4,8H2,1H3,(H,10,13). The summed E-state index contributed by atoms with van der Waals surface area (Å²) in [6, 6.07) is 0. The molecule has 1 rings (SSSR count). The van der Waals surface area contributed by atoms with Crippen molar-refractivity contribution in [2.24, 2.45) is 5.73 Å². The van der Waals surface area contributed by atoms with Gasteiger partial charge in [-0.15, -0.1) is 5.10 Å². The first kappa shape index (κ1) is 12.6. The van der Waals surface area contributed by atoms with E-state index < -0.39 is 15.9 Å². The normalized spacial score (nSPS) is 11.4. The Morgan fingerprint density at radius 3 is 2.88 bits per heavy atom. The van der Waals surface area contributed by atoms with E-state index in [0.29, 0.717) is 13.1 Å². The highest BCUT2D eigenvalue weighted by molar-refractivity contribution is 7.90. The Bertz CT molecular complexity index is 466. The summed E-state index contributed by atoms with van der Waals surface area (Å²) in [5.74, 6) is -0.958. The lowest BCUT2D eigenvalue weighted by Gasteiger charge is -2.00. The zero-order valence-corrected chi connectivity index (χ0v) is 9.57. The molecular formula is C7H13N5O3S. The van der Waals surface area contributed by atoms with E-state index in [4.69, 9.17) is 5.73 Å². The fourth-order valence-corrected chi connectivity index (χ4v) is 1.44. The van der Waals surface area contributed by atoms with Crippen molar-refractivity contribution < 1.29 is 13.2 Å². The van der Waals surface area contributed by atoms with Crippen LogP contribution in [0.4, 0.5) is 0 Å². The third-order valence-corrected chi connectivity index (χ3v) is 3.01. The van der Waals surface area contributed by atoms with Crippen molar-refractivity contribution in [3.63, 3.8) is 0 Å². The first-order valence-electron chi connectivity index (χ1n) is 4.63. The molecule has 1 aromatic heterocycles. The van der Waals surface area contributed by atoms with Crippen LogP contribution in [0.2, 0.25) is 0 Å². The van der Waals surface area contributed by atoms with Gasteiger partial charge in [0.05, 0.1) is 18.5 Å². The molecule has 1 heterocycles. The molecule has 16 heavy (non-hydrogen) atoms. The number of aromatic nitrogens is 3. The Balaban J connectivity index is 2.73. The van der Waals surface area contributed by atoms with Crippen LogP contribution in [0.15, 0.2) is 6.20 Å². The summed E-state index contributed by atoms with van der Waals surface area (Å²) in [5, 5.41) is 7.15. The van der Waals surface area contributed by atoms with Crippen LogP contribution < -0.4 is 10.5 Å². The second kappa shape index (κ2) is 5.03. The van der Waals surface area contributed by atoms with Gasteiger partial charge in [-0.2, -0.15) is 0 Å². The number of hydrogen-bond acceptors (Lipinski definition) is 6. The van der Waals surface area contributed by atoms with E-state index >= 15 is 0 Å². The number of nitrogens with two attached hydrogens (primary N) is 1. The molecule has 0 spiro atoms. The zero-order chi connectivity index (χ0) is 12.2. The van der Waals surface area contributed by atoms with E-state index in [9.17, 15) is 13.2 Å². The van der Waals surface area contributed by atoms with Crippen molar-refractivity contribution in [1.82, 2.24) is 19.7 Å². The third-order valence-electron chi connectivity index (χ3n) is 1.76. The molecule has 0 aliphatic heterocycles. The molecule has 0 bridgehead atoms. The van der Waals surface area contributed by atoms with Gasteiger partial charge >= 0.3 is 0 Å². The molecule has 90 valence electrons. The number of rotatable bonds is 5. The van der Waals surface area contributed by atoms with Gasteiger partial charge in [-0.25, -0.2) is 13.1 Å². The molecule has 0 aromatic carbocycles. The van der Waals surface area contributed by atoms with Crippen LogP contribution in [0.5, 0.6) is 0 Å². The Kier molecular flexibility index (Phi) is 3.96. The highest BCUT2D eigenvalue weighted by Gasteiger charge is 2.16. The molecule has 0 aliphatic rings. The Morgan fingerprint density at radius 2 is 2.31 bits per heavy atom. The molecule has 8 nitrogen and oxygen atoms in total. The fourth-order valence-electron chi connectivity index (χ4n) is 0.910. The fraction of sp³-hybridized carbons (Fsp3) is 0.571. The van der Waals surface area contributed by atoms with E-state index in [1.54, 1.807) is 0 Å². The molecule has 0 fully saturated rings. The summed E-state index contributed by atoms with van der Waals surface area (Å²) in [4.78, 5) is 11.4. The van der Waals surface area contributed by atoms with Crippen LogP contribution in [0, 0.1) is 0 Å². The molecule has 1 aromatic rings. The second-order valence-electron chi connectivity index (χ2n) is 2.99. The quantitative estimate of drug-likeness (QED) is 0.641. The van der Waals surface area contributed by atoms with E-state index in [1.165, 1.54) is 17.8 Å². The summed E-state index contributed by atoms with van der Waals surface area (Å²) < 4.78 is 25.4. The van der Waals surface area contributed by atoms with Crippen molar-refractivity contribution in [1.29, 1.82) is 0 Å². The van der Waals surface area contributed by atoms with Crippen LogP contribution in [-0.2, 0) is 16.6 Å². The summed E-state index contributed by atoms with van der Waals surface area (Å²) in [6.45, 7) is 2.21. The smallest absolute Gasteiger partial charge is 0.286 e. The lowest BCUT2D eigenvalue weighted by atomic mass is 10.5. The van der Waals surface area contributed by atoms with Crippen LogP contribution in [0.25, 0.3) is 0 Å². The van der Waals surface area contributed by atoms with Gasteiger partial charge in [0.1, 0.15) is 0 Å². The highest BCUT2D eigenvalue weighted by atomic mass is 32.2. The summed E-state index contributed by atoms with van der Waals surface area (Å²) in [6.07, 6.45) is 1.34. The van der Waals surface area contributed by atoms with Crippen molar-refractivity contribution in [2.45, 2.75) is 13.5 Å². The highest BCUT2D eigenvalue weighted by Crippen LogP contribution is 1.94. The van der Waals surface area contributed by atoms with Gasteiger partial charge in [-0.05, 0) is 6.92 Å². The predicted octanol–water partition coefficient (Wildman–Crippen LogP) is -1.68. The Morgan fingerprint density at radius 1 is 1.62 bits per heavy atom. The largest absolute Gasteiger partial charge is 0.329 e. The average Bonchev–Trinajstić information content (AvgIpc) is 2.66. The average molecular weight is 247 g/mol. The maximum absolute atomic E-state index is 11.4. The van der Waals surface area contributed by atoms with E-state index in [1.807, 2.05) is 4.72 Å². The van der Waals surface area contributed by atoms with Gasteiger partial charge in [0.25, 0.3) is 5.91 Å². The van der Waals surface area contributed by atoms with E-state index in [0.717, 1.165) is 0 Å². The maximum atomic E-state index is 11.4. The minimum Gasteiger partial charge on any atom is -0.329 e. The molecular weight excluding hydrogens is 234 g/mol. The SMILES string of the molecule is CCS(=O)(=O)NC(=O)c1cn(CCN)nn1.